The van der Waals surface area contributed by atoms with Crippen LogP contribution in [0.4, 0.5) is 10.3 Å². The van der Waals surface area contributed by atoms with Crippen molar-refractivity contribution in [3.63, 3.8) is 0 Å². The van der Waals surface area contributed by atoms with Gasteiger partial charge in [0.15, 0.2) is 0 Å². The molecule has 9 heteroatoms. The van der Waals surface area contributed by atoms with Gasteiger partial charge in [-0.3, -0.25) is 0 Å². The maximum absolute atomic E-state index is 9.83. The van der Waals surface area contributed by atoms with E-state index in [0.29, 0.717) is 10.3 Å². The number of aliphatic hydroxyl groups is 3. The molecule has 2 heterocycles. The lowest BCUT2D eigenvalue weighted by atomic mass is 9.99. The molecule has 0 bridgehead atoms. The van der Waals surface area contributed by atoms with Crippen LogP contribution in [0.2, 0.25) is 0 Å². The first-order chi connectivity index (χ1) is 8.11. The largest absolute Gasteiger partial charge is 0.394 e. The number of aliphatic hydroxyl groups excluding tert-OH is 3. The number of nitrogens with two attached hydrogens (primary N) is 1. The average Bonchev–Trinajstić information content (AvgIpc) is 2.71. The van der Waals surface area contributed by atoms with Crippen LogP contribution in [0, 0.1) is 0 Å². The number of anilines is 2. The predicted molar refractivity (Wildman–Crippen MR) is 60.6 cm³/mol. The summed E-state index contributed by atoms with van der Waals surface area (Å²) in [5, 5.41) is 39.4. The summed E-state index contributed by atoms with van der Waals surface area (Å²) >= 11 is 1.14. The van der Waals surface area contributed by atoms with Crippen LogP contribution in [0.15, 0.2) is 0 Å². The summed E-state index contributed by atoms with van der Waals surface area (Å²) in [5.41, 5.74) is 5.42. The van der Waals surface area contributed by atoms with E-state index in [0.717, 1.165) is 11.3 Å². The maximum Gasteiger partial charge on any atom is 0.207 e. The van der Waals surface area contributed by atoms with Crippen molar-refractivity contribution in [3.8, 4) is 0 Å². The van der Waals surface area contributed by atoms with E-state index in [2.05, 4.69) is 15.5 Å². The van der Waals surface area contributed by atoms with Crippen LogP contribution in [-0.4, -0.2) is 63.1 Å². The lowest BCUT2D eigenvalue weighted by Crippen LogP contribution is -2.56. The highest BCUT2D eigenvalue weighted by molar-refractivity contribution is 7.18. The number of hydrogen-bond acceptors (Lipinski definition) is 9. The monoisotopic (exact) mass is 262 g/mol. The van der Waals surface area contributed by atoms with E-state index in [9.17, 15) is 10.2 Å². The molecule has 1 aliphatic rings. The van der Waals surface area contributed by atoms with E-state index >= 15 is 0 Å². The summed E-state index contributed by atoms with van der Waals surface area (Å²) < 4.78 is 5.20. The Hall–Kier alpha value is -1.00. The number of hydrogen-bond donors (Lipinski definition) is 5. The van der Waals surface area contributed by atoms with E-state index in [1.807, 2.05) is 0 Å². The maximum atomic E-state index is 9.83. The molecule has 0 saturated carbocycles. The molecule has 2 rings (SSSR count). The second kappa shape index (κ2) is 5.10. The van der Waals surface area contributed by atoms with Gasteiger partial charge in [-0.1, -0.05) is 11.3 Å². The van der Waals surface area contributed by atoms with Crippen LogP contribution >= 0.6 is 11.3 Å². The lowest BCUT2D eigenvalue weighted by molar-refractivity contribution is -0.152. The first kappa shape index (κ1) is 12.5. The first-order valence-corrected chi connectivity index (χ1v) is 5.87. The third kappa shape index (κ3) is 2.64. The number of rotatable bonds is 3. The van der Waals surface area contributed by atoms with Crippen molar-refractivity contribution in [2.24, 2.45) is 0 Å². The Morgan fingerprint density at radius 1 is 1.41 bits per heavy atom. The van der Waals surface area contributed by atoms with Gasteiger partial charge in [0.1, 0.15) is 18.3 Å². The van der Waals surface area contributed by atoms with E-state index in [1.54, 1.807) is 0 Å². The number of nitrogen functional groups attached to an aromatic ring is 1. The molecule has 8 nitrogen and oxygen atoms in total. The molecule has 1 aliphatic heterocycles. The van der Waals surface area contributed by atoms with Crippen LogP contribution in [0.1, 0.15) is 0 Å². The summed E-state index contributed by atoms with van der Waals surface area (Å²) in [4.78, 5) is 0. The van der Waals surface area contributed by atoms with Gasteiger partial charge in [0, 0.05) is 0 Å². The van der Waals surface area contributed by atoms with E-state index in [-0.39, 0.29) is 13.2 Å². The molecular weight excluding hydrogens is 248 g/mol. The average molecular weight is 262 g/mol. The molecule has 4 atom stereocenters. The Kier molecular flexibility index (Phi) is 3.74. The molecule has 0 unspecified atom stereocenters. The second-order valence-electron chi connectivity index (χ2n) is 3.73. The van der Waals surface area contributed by atoms with Gasteiger partial charge in [0.2, 0.25) is 10.3 Å². The summed E-state index contributed by atoms with van der Waals surface area (Å²) in [6, 6.07) is -0.514. The van der Waals surface area contributed by atoms with Gasteiger partial charge in [0.25, 0.3) is 0 Å². The number of nitrogens with one attached hydrogen (secondary N) is 1. The standard InChI is InChI=1S/C8H14N4O4S/c9-7-11-12-8(17-7)10-3-2-16-4(1-13)6(15)5(3)14/h3-6,13-15H,1-2H2,(H2,9,11)(H,10,12)/t3-,4+,5+,6-/m0/s1. The highest BCUT2D eigenvalue weighted by Crippen LogP contribution is 2.22. The molecular formula is C8H14N4O4S. The molecule has 0 amide bonds. The minimum Gasteiger partial charge on any atom is -0.394 e. The molecule has 0 aliphatic carbocycles. The Bertz CT molecular complexity index is 376. The Morgan fingerprint density at radius 3 is 2.76 bits per heavy atom. The molecule has 1 saturated heterocycles. The van der Waals surface area contributed by atoms with Crippen molar-refractivity contribution < 1.29 is 20.1 Å². The van der Waals surface area contributed by atoms with Crippen LogP contribution in [0.5, 0.6) is 0 Å². The van der Waals surface area contributed by atoms with Gasteiger partial charge in [-0.15, -0.1) is 10.2 Å². The fourth-order valence-corrected chi connectivity index (χ4v) is 2.19. The molecule has 1 aromatic rings. The third-order valence-corrected chi connectivity index (χ3v) is 3.25. The third-order valence-electron chi connectivity index (χ3n) is 2.56. The topological polar surface area (TPSA) is 134 Å². The Morgan fingerprint density at radius 2 is 2.18 bits per heavy atom. The van der Waals surface area contributed by atoms with Gasteiger partial charge in [0.05, 0.1) is 19.3 Å². The summed E-state index contributed by atoms with van der Waals surface area (Å²) in [6.07, 6.45) is -2.95. The smallest absolute Gasteiger partial charge is 0.207 e. The minimum atomic E-state index is -1.14. The number of ether oxygens (including phenoxy) is 1. The van der Waals surface area contributed by atoms with Crippen molar-refractivity contribution in [2.45, 2.75) is 24.4 Å². The van der Waals surface area contributed by atoms with Gasteiger partial charge < -0.3 is 31.1 Å². The van der Waals surface area contributed by atoms with Crippen LogP contribution in [0.25, 0.3) is 0 Å². The lowest BCUT2D eigenvalue weighted by Gasteiger charge is -2.36. The van der Waals surface area contributed by atoms with Gasteiger partial charge >= 0.3 is 0 Å². The molecule has 17 heavy (non-hydrogen) atoms. The van der Waals surface area contributed by atoms with E-state index in [1.165, 1.54) is 0 Å². The Balaban J connectivity index is 1.98. The zero-order valence-electron chi connectivity index (χ0n) is 8.85. The normalized spacial score (nSPS) is 33.6. The van der Waals surface area contributed by atoms with Gasteiger partial charge in [-0.2, -0.15) is 0 Å². The summed E-state index contributed by atoms with van der Waals surface area (Å²) in [5.74, 6) is 0. The molecule has 0 spiro atoms. The van der Waals surface area contributed by atoms with Crippen molar-refractivity contribution in [3.05, 3.63) is 0 Å². The quantitative estimate of drug-likeness (QED) is 0.423. The highest BCUT2D eigenvalue weighted by Gasteiger charge is 2.38. The fraction of sp³-hybridized carbons (Fsp3) is 0.750. The predicted octanol–water partition coefficient (Wildman–Crippen LogP) is -1.99. The van der Waals surface area contributed by atoms with Crippen LogP contribution < -0.4 is 11.1 Å². The summed E-state index contributed by atoms with van der Waals surface area (Å²) in [7, 11) is 0. The molecule has 6 N–H and O–H groups in total. The molecule has 1 aromatic heterocycles. The first-order valence-electron chi connectivity index (χ1n) is 5.06. The van der Waals surface area contributed by atoms with E-state index in [4.69, 9.17) is 15.6 Å². The fourth-order valence-electron chi connectivity index (χ4n) is 1.62. The molecule has 0 aromatic carbocycles. The van der Waals surface area contributed by atoms with Crippen LogP contribution in [0.3, 0.4) is 0 Å². The SMILES string of the molecule is Nc1nnc(N[C@H]2CO[C@H](CO)[C@H](O)[C@@H]2O)s1. The molecule has 0 radical (unpaired) electrons. The zero-order chi connectivity index (χ0) is 12.4. The van der Waals surface area contributed by atoms with Crippen LogP contribution in [-0.2, 0) is 4.74 Å². The zero-order valence-corrected chi connectivity index (χ0v) is 9.67. The summed E-state index contributed by atoms with van der Waals surface area (Å²) in [6.45, 7) is -0.181. The number of aromatic nitrogens is 2. The highest BCUT2D eigenvalue weighted by atomic mass is 32.1. The van der Waals surface area contributed by atoms with Gasteiger partial charge in [-0.25, -0.2) is 0 Å². The van der Waals surface area contributed by atoms with E-state index < -0.39 is 24.4 Å². The molecule has 96 valence electrons. The van der Waals surface area contributed by atoms with Crippen molar-refractivity contribution in [1.29, 1.82) is 0 Å². The van der Waals surface area contributed by atoms with Gasteiger partial charge in [-0.05, 0) is 0 Å². The van der Waals surface area contributed by atoms with Crippen molar-refractivity contribution in [2.75, 3.05) is 24.3 Å². The molecule has 1 fully saturated rings. The number of nitrogens with zero attached hydrogens (tertiary/aromatic N) is 2. The van der Waals surface area contributed by atoms with Crippen molar-refractivity contribution >= 4 is 21.6 Å². The Labute approximate surface area is 101 Å². The van der Waals surface area contributed by atoms with Crippen molar-refractivity contribution in [1.82, 2.24) is 10.2 Å². The second-order valence-corrected chi connectivity index (χ2v) is 4.74. The minimum absolute atomic E-state index is 0.156.